The number of aromatic nitrogens is 2. The van der Waals surface area contributed by atoms with Crippen LogP contribution < -0.4 is 10.6 Å². The second-order valence-corrected chi connectivity index (χ2v) is 6.54. The van der Waals surface area contributed by atoms with E-state index in [1.165, 1.54) is 0 Å². The van der Waals surface area contributed by atoms with E-state index in [-0.39, 0.29) is 0 Å². The van der Waals surface area contributed by atoms with Gasteiger partial charge in [-0.15, -0.1) is 0 Å². The lowest BCUT2D eigenvalue weighted by molar-refractivity contribution is 1.39. The predicted octanol–water partition coefficient (Wildman–Crippen LogP) is 6.27. The zero-order chi connectivity index (χ0) is 18.8. The summed E-state index contributed by atoms with van der Waals surface area (Å²) >= 11 is 0. The highest BCUT2D eigenvalue weighted by Gasteiger charge is 2.11. The highest BCUT2D eigenvalue weighted by Crippen LogP contribution is 2.37. The molecule has 1 aliphatic rings. The minimum absolute atomic E-state index is 0.950. The van der Waals surface area contributed by atoms with Gasteiger partial charge < -0.3 is 10.6 Å². The largest absolute Gasteiger partial charge is 0.352 e. The summed E-state index contributed by atoms with van der Waals surface area (Å²) in [5.41, 5.74) is 8.32. The van der Waals surface area contributed by atoms with Crippen molar-refractivity contribution in [3.63, 3.8) is 0 Å². The molecule has 4 nitrogen and oxygen atoms in total. The number of anilines is 4. The van der Waals surface area contributed by atoms with E-state index in [9.17, 15) is 0 Å². The number of nitrogens with one attached hydrogen (secondary N) is 2. The summed E-state index contributed by atoms with van der Waals surface area (Å²) in [5, 5.41) is 6.76. The van der Waals surface area contributed by atoms with E-state index in [0.29, 0.717) is 0 Å². The number of rotatable bonds is 0. The molecule has 134 valence electrons. The van der Waals surface area contributed by atoms with Gasteiger partial charge in [0, 0.05) is 0 Å². The van der Waals surface area contributed by atoms with Crippen LogP contribution in [0, 0.1) is 0 Å². The average Bonchev–Trinajstić information content (AvgIpc) is 2.76. The molecule has 0 unspecified atom stereocenters. The van der Waals surface area contributed by atoms with Crippen molar-refractivity contribution in [2.45, 2.75) is 0 Å². The Hall–Kier alpha value is -3.92. The van der Waals surface area contributed by atoms with Gasteiger partial charge in [-0.1, -0.05) is 48.5 Å². The maximum atomic E-state index is 4.52. The van der Waals surface area contributed by atoms with Crippen LogP contribution in [0.1, 0.15) is 0 Å². The van der Waals surface area contributed by atoms with Gasteiger partial charge in [0.15, 0.2) is 0 Å². The molecule has 0 atom stereocenters. The van der Waals surface area contributed by atoms with Gasteiger partial charge in [0.1, 0.15) is 0 Å². The monoisotopic (exact) mass is 362 g/mol. The topological polar surface area (TPSA) is 49.8 Å². The zero-order valence-electron chi connectivity index (χ0n) is 15.1. The lowest BCUT2D eigenvalue weighted by atomic mass is 10.1. The summed E-state index contributed by atoms with van der Waals surface area (Å²) in [5.74, 6) is 0. The van der Waals surface area contributed by atoms with E-state index in [4.69, 9.17) is 0 Å². The fourth-order valence-electron chi connectivity index (χ4n) is 3.26. The van der Waals surface area contributed by atoms with Crippen LogP contribution in [0.15, 0.2) is 97.1 Å². The molecular weight excluding hydrogens is 344 g/mol. The highest BCUT2D eigenvalue weighted by atomic mass is 15.0. The first-order valence-corrected chi connectivity index (χ1v) is 9.20. The normalized spacial score (nSPS) is 11.4. The summed E-state index contributed by atoms with van der Waals surface area (Å²) in [6.07, 6.45) is 0. The quantitative estimate of drug-likeness (QED) is 0.313. The van der Waals surface area contributed by atoms with E-state index in [1.54, 1.807) is 0 Å². The van der Waals surface area contributed by atoms with Crippen molar-refractivity contribution in [3.8, 4) is 0 Å². The molecule has 1 aromatic heterocycles. The van der Waals surface area contributed by atoms with Crippen molar-refractivity contribution in [2.75, 3.05) is 10.6 Å². The van der Waals surface area contributed by atoms with Crippen molar-refractivity contribution < 1.29 is 0 Å². The Balaban J connectivity index is 0.000000122. The molecule has 0 saturated heterocycles. The fraction of sp³-hybridized carbons (Fsp3) is 0. The molecule has 0 bridgehead atoms. The smallest absolute Gasteiger partial charge is 0.0894 e. The fourth-order valence-corrected chi connectivity index (χ4v) is 3.26. The summed E-state index contributed by atoms with van der Waals surface area (Å²) in [6, 6.07) is 32.2. The second kappa shape index (κ2) is 7.00. The Morgan fingerprint density at radius 3 is 0.893 bits per heavy atom. The van der Waals surface area contributed by atoms with E-state index in [1.807, 2.05) is 72.8 Å². The van der Waals surface area contributed by atoms with Gasteiger partial charge in [0.25, 0.3) is 0 Å². The summed E-state index contributed by atoms with van der Waals surface area (Å²) < 4.78 is 0. The molecule has 5 aromatic rings. The molecule has 2 heterocycles. The van der Waals surface area contributed by atoms with Crippen LogP contribution in [0.4, 0.5) is 22.7 Å². The molecule has 0 radical (unpaired) electrons. The van der Waals surface area contributed by atoms with Gasteiger partial charge in [0.05, 0.1) is 44.8 Å². The van der Waals surface area contributed by atoms with Crippen LogP contribution in [-0.4, -0.2) is 9.97 Å². The van der Waals surface area contributed by atoms with Gasteiger partial charge in [-0.2, -0.15) is 0 Å². The van der Waals surface area contributed by atoms with Crippen molar-refractivity contribution in [3.05, 3.63) is 97.1 Å². The van der Waals surface area contributed by atoms with Crippen LogP contribution in [0.25, 0.3) is 22.1 Å². The SMILES string of the molecule is c1ccc2c(c1)Nc1ccccc1N2.c1ccc2nc3ccccc3nc2c1. The molecular formula is C24H18N4. The van der Waals surface area contributed by atoms with Gasteiger partial charge in [-0.25, -0.2) is 9.97 Å². The van der Waals surface area contributed by atoms with Crippen LogP contribution >= 0.6 is 0 Å². The van der Waals surface area contributed by atoms with Gasteiger partial charge in [-0.3, -0.25) is 0 Å². The first-order chi connectivity index (χ1) is 13.9. The standard InChI is InChI=1S/C12H10N2.C12H8N2/c2*1-2-6-10-9(5-1)13-11-7-3-4-8-12(11)14-10/h1-8,13-14H;1-8H. The Labute approximate surface area is 162 Å². The third kappa shape index (κ3) is 3.12. The van der Waals surface area contributed by atoms with E-state index in [2.05, 4.69) is 44.9 Å². The maximum Gasteiger partial charge on any atom is 0.0894 e. The van der Waals surface area contributed by atoms with Crippen molar-refractivity contribution in [1.29, 1.82) is 0 Å². The lowest BCUT2D eigenvalue weighted by Crippen LogP contribution is -2.05. The van der Waals surface area contributed by atoms with Crippen molar-refractivity contribution >= 4 is 44.8 Å². The summed E-state index contributed by atoms with van der Waals surface area (Å²) in [4.78, 5) is 9.03. The third-order valence-electron chi connectivity index (χ3n) is 4.64. The molecule has 0 spiro atoms. The number of para-hydroxylation sites is 8. The number of nitrogens with zero attached hydrogens (tertiary/aromatic N) is 2. The number of fused-ring (bicyclic) bond motifs is 4. The van der Waals surface area contributed by atoms with Gasteiger partial charge in [0.2, 0.25) is 0 Å². The summed E-state index contributed by atoms with van der Waals surface area (Å²) in [7, 11) is 0. The predicted molar refractivity (Wildman–Crippen MR) is 116 cm³/mol. The Bertz CT molecular complexity index is 1090. The maximum absolute atomic E-state index is 4.52. The molecule has 0 amide bonds. The summed E-state index contributed by atoms with van der Waals surface area (Å²) in [6.45, 7) is 0. The van der Waals surface area contributed by atoms with Crippen LogP contribution in [0.2, 0.25) is 0 Å². The zero-order valence-corrected chi connectivity index (χ0v) is 15.1. The molecule has 4 aromatic carbocycles. The second-order valence-electron chi connectivity index (χ2n) is 6.54. The molecule has 0 fully saturated rings. The minimum Gasteiger partial charge on any atom is -0.352 e. The van der Waals surface area contributed by atoms with Crippen molar-refractivity contribution in [2.24, 2.45) is 0 Å². The number of benzene rings is 4. The number of hydrogen-bond acceptors (Lipinski definition) is 4. The highest BCUT2D eigenvalue weighted by molar-refractivity contribution is 5.90. The molecule has 0 aliphatic carbocycles. The van der Waals surface area contributed by atoms with E-state index in [0.717, 1.165) is 44.8 Å². The van der Waals surface area contributed by atoms with E-state index < -0.39 is 0 Å². The van der Waals surface area contributed by atoms with Crippen LogP contribution in [0.3, 0.4) is 0 Å². The Kier molecular flexibility index (Phi) is 4.07. The minimum atomic E-state index is 0.950. The van der Waals surface area contributed by atoms with Crippen LogP contribution in [-0.2, 0) is 0 Å². The lowest BCUT2D eigenvalue weighted by Gasteiger charge is -2.22. The number of hydrogen-bond donors (Lipinski definition) is 2. The third-order valence-corrected chi connectivity index (χ3v) is 4.64. The van der Waals surface area contributed by atoms with Gasteiger partial charge in [-0.05, 0) is 48.5 Å². The Morgan fingerprint density at radius 2 is 0.607 bits per heavy atom. The Morgan fingerprint density at radius 1 is 0.357 bits per heavy atom. The first-order valence-electron chi connectivity index (χ1n) is 9.20. The molecule has 2 N–H and O–H groups in total. The molecule has 0 saturated carbocycles. The van der Waals surface area contributed by atoms with Gasteiger partial charge >= 0.3 is 0 Å². The molecule has 4 heteroatoms. The molecule has 1 aliphatic heterocycles. The first kappa shape index (κ1) is 16.3. The average molecular weight is 362 g/mol. The molecule has 28 heavy (non-hydrogen) atoms. The van der Waals surface area contributed by atoms with E-state index >= 15 is 0 Å². The van der Waals surface area contributed by atoms with Crippen molar-refractivity contribution in [1.82, 2.24) is 9.97 Å². The van der Waals surface area contributed by atoms with Crippen LogP contribution in [0.5, 0.6) is 0 Å². The molecule has 6 rings (SSSR count).